The molecule has 0 spiro atoms. The van der Waals surface area contributed by atoms with Gasteiger partial charge in [-0.05, 0) is 69.0 Å². The van der Waals surface area contributed by atoms with Gasteiger partial charge in [-0.1, -0.05) is 49.6 Å². The highest BCUT2D eigenvalue weighted by Gasteiger charge is 2.42. The second-order valence-corrected chi connectivity index (χ2v) is 8.86. The molecular weight excluding hydrogens is 372 g/mol. The average Bonchev–Trinajstić information content (AvgIpc) is 3.28. The summed E-state index contributed by atoms with van der Waals surface area (Å²) in [6, 6.07) is 18.7. The molecule has 160 valence electrons. The predicted molar refractivity (Wildman–Crippen MR) is 122 cm³/mol. The van der Waals surface area contributed by atoms with Crippen LogP contribution in [0.5, 0.6) is 5.75 Å². The minimum Gasteiger partial charge on any atom is -0.492 e. The van der Waals surface area contributed by atoms with Crippen molar-refractivity contribution < 1.29 is 9.53 Å². The first-order valence-corrected chi connectivity index (χ1v) is 11.5. The zero-order valence-corrected chi connectivity index (χ0v) is 18.1. The molecule has 0 bridgehead atoms. The van der Waals surface area contributed by atoms with Crippen molar-refractivity contribution in [2.75, 3.05) is 25.0 Å². The monoisotopic (exact) mass is 406 g/mol. The lowest BCUT2D eigenvalue weighted by Gasteiger charge is -2.33. The Kier molecular flexibility index (Phi) is 6.73. The average molecular weight is 407 g/mol. The van der Waals surface area contributed by atoms with Gasteiger partial charge in [0.15, 0.2) is 0 Å². The summed E-state index contributed by atoms with van der Waals surface area (Å²) in [6.07, 6.45) is 7.97. The molecule has 1 amide bonds. The summed E-state index contributed by atoms with van der Waals surface area (Å²) in [5.41, 5.74) is 1.56. The Hall–Kier alpha value is -2.33. The van der Waals surface area contributed by atoms with Crippen LogP contribution in [0.1, 0.15) is 57.4 Å². The van der Waals surface area contributed by atoms with Gasteiger partial charge < -0.3 is 10.1 Å². The minimum atomic E-state index is -0.401. The predicted octanol–water partition coefficient (Wildman–Crippen LogP) is 5.39. The van der Waals surface area contributed by atoms with Crippen LogP contribution in [0.25, 0.3) is 0 Å². The van der Waals surface area contributed by atoms with Crippen LogP contribution in [-0.2, 0) is 10.2 Å². The van der Waals surface area contributed by atoms with Gasteiger partial charge in [-0.25, -0.2) is 0 Å². The summed E-state index contributed by atoms with van der Waals surface area (Å²) >= 11 is 0. The third-order valence-electron chi connectivity index (χ3n) is 6.92. The molecule has 1 saturated carbocycles. The number of ether oxygens (including phenoxy) is 1. The van der Waals surface area contributed by atoms with Crippen molar-refractivity contribution in [2.24, 2.45) is 0 Å². The van der Waals surface area contributed by atoms with Crippen LogP contribution in [0.3, 0.4) is 0 Å². The smallest absolute Gasteiger partial charge is 0.235 e. The highest BCUT2D eigenvalue weighted by Crippen LogP contribution is 2.42. The molecule has 4 nitrogen and oxygen atoms in total. The third kappa shape index (κ3) is 4.70. The topological polar surface area (TPSA) is 41.6 Å². The van der Waals surface area contributed by atoms with Crippen molar-refractivity contribution in [3.63, 3.8) is 0 Å². The van der Waals surface area contributed by atoms with Crippen LogP contribution in [0.4, 0.5) is 5.69 Å². The molecule has 1 saturated heterocycles. The molecule has 1 unspecified atom stereocenters. The first-order chi connectivity index (χ1) is 14.7. The normalized spacial score (nSPS) is 21.3. The van der Waals surface area contributed by atoms with Gasteiger partial charge in [0.25, 0.3) is 0 Å². The van der Waals surface area contributed by atoms with E-state index in [1.54, 1.807) is 0 Å². The number of rotatable bonds is 7. The molecule has 2 aromatic carbocycles. The minimum absolute atomic E-state index is 0.110. The Morgan fingerprint density at radius 2 is 1.77 bits per heavy atom. The van der Waals surface area contributed by atoms with Crippen molar-refractivity contribution in [1.82, 2.24) is 4.90 Å². The Labute approximate surface area is 180 Å². The molecule has 1 N–H and O–H groups in total. The van der Waals surface area contributed by atoms with Crippen molar-refractivity contribution in [2.45, 2.75) is 63.3 Å². The number of carbonyl (C=O) groups excluding carboxylic acids is 1. The Morgan fingerprint density at radius 1 is 1.03 bits per heavy atom. The fourth-order valence-electron chi connectivity index (χ4n) is 5.04. The van der Waals surface area contributed by atoms with E-state index >= 15 is 0 Å². The SMILES string of the molecule is CC1CCCCN1CCOc1ccc(NC(=O)C2(c3ccccc3)CCCC2)cc1. The van der Waals surface area contributed by atoms with E-state index in [1.165, 1.54) is 25.8 Å². The fraction of sp³-hybridized carbons (Fsp3) is 0.500. The van der Waals surface area contributed by atoms with Gasteiger partial charge in [0.05, 0.1) is 5.41 Å². The second-order valence-electron chi connectivity index (χ2n) is 8.86. The quantitative estimate of drug-likeness (QED) is 0.670. The molecule has 1 aliphatic carbocycles. The molecule has 30 heavy (non-hydrogen) atoms. The third-order valence-corrected chi connectivity index (χ3v) is 6.92. The van der Waals surface area contributed by atoms with Gasteiger partial charge in [0.2, 0.25) is 5.91 Å². The lowest BCUT2D eigenvalue weighted by Crippen LogP contribution is -2.39. The van der Waals surface area contributed by atoms with Gasteiger partial charge in [-0.2, -0.15) is 0 Å². The Morgan fingerprint density at radius 3 is 2.47 bits per heavy atom. The summed E-state index contributed by atoms with van der Waals surface area (Å²) in [4.78, 5) is 15.8. The maximum absolute atomic E-state index is 13.3. The van der Waals surface area contributed by atoms with Crippen molar-refractivity contribution in [3.8, 4) is 5.75 Å². The van der Waals surface area contributed by atoms with Crippen molar-refractivity contribution in [3.05, 3.63) is 60.2 Å². The molecule has 4 heteroatoms. The molecule has 4 rings (SSSR count). The molecular formula is C26H34N2O2. The summed E-state index contributed by atoms with van der Waals surface area (Å²) in [7, 11) is 0. The van der Waals surface area contributed by atoms with Crippen LogP contribution in [0, 0.1) is 0 Å². The highest BCUT2D eigenvalue weighted by atomic mass is 16.5. The van der Waals surface area contributed by atoms with E-state index in [0.29, 0.717) is 12.6 Å². The lowest BCUT2D eigenvalue weighted by atomic mass is 9.78. The molecule has 0 aromatic heterocycles. The maximum Gasteiger partial charge on any atom is 0.235 e. The molecule has 2 fully saturated rings. The number of hydrogen-bond acceptors (Lipinski definition) is 3. The van der Waals surface area contributed by atoms with Gasteiger partial charge in [-0.3, -0.25) is 9.69 Å². The van der Waals surface area contributed by atoms with Gasteiger partial charge in [-0.15, -0.1) is 0 Å². The largest absolute Gasteiger partial charge is 0.492 e. The Bertz CT molecular complexity index is 813. The summed E-state index contributed by atoms with van der Waals surface area (Å²) in [5, 5.41) is 3.16. The molecule has 2 aromatic rings. The number of likely N-dealkylation sites (tertiary alicyclic amines) is 1. The molecule has 0 radical (unpaired) electrons. The number of nitrogens with one attached hydrogen (secondary N) is 1. The number of piperidine rings is 1. The van der Waals surface area contributed by atoms with Crippen LogP contribution < -0.4 is 10.1 Å². The van der Waals surface area contributed by atoms with Crippen LogP contribution in [0.2, 0.25) is 0 Å². The molecule has 1 aliphatic heterocycles. The summed E-state index contributed by atoms with van der Waals surface area (Å²) < 4.78 is 5.95. The van der Waals surface area contributed by atoms with Gasteiger partial charge in [0, 0.05) is 18.3 Å². The zero-order valence-electron chi connectivity index (χ0n) is 18.1. The fourth-order valence-corrected chi connectivity index (χ4v) is 5.04. The highest BCUT2D eigenvalue weighted by molar-refractivity contribution is 5.99. The summed E-state index contributed by atoms with van der Waals surface area (Å²) in [5.74, 6) is 0.968. The number of hydrogen-bond donors (Lipinski definition) is 1. The molecule has 1 atom stereocenters. The number of amides is 1. The first kappa shape index (κ1) is 20.9. The van der Waals surface area contributed by atoms with Crippen molar-refractivity contribution in [1.29, 1.82) is 0 Å². The Balaban J connectivity index is 1.33. The van der Waals surface area contributed by atoms with Crippen LogP contribution >= 0.6 is 0 Å². The first-order valence-electron chi connectivity index (χ1n) is 11.5. The second kappa shape index (κ2) is 9.65. The number of nitrogens with zero attached hydrogens (tertiary/aromatic N) is 1. The molecule has 2 aliphatic rings. The van der Waals surface area contributed by atoms with Crippen molar-refractivity contribution >= 4 is 11.6 Å². The van der Waals surface area contributed by atoms with E-state index in [9.17, 15) is 4.79 Å². The maximum atomic E-state index is 13.3. The van der Waals surface area contributed by atoms with E-state index in [0.717, 1.165) is 49.2 Å². The summed E-state index contributed by atoms with van der Waals surface area (Å²) in [6.45, 7) is 5.16. The lowest BCUT2D eigenvalue weighted by molar-refractivity contribution is -0.121. The van der Waals surface area contributed by atoms with Gasteiger partial charge >= 0.3 is 0 Å². The van der Waals surface area contributed by atoms with Gasteiger partial charge in [0.1, 0.15) is 12.4 Å². The number of anilines is 1. The standard InChI is InChI=1S/C26H34N2O2/c1-21-9-5-8-18-28(21)19-20-30-24-14-12-23(13-15-24)27-25(29)26(16-6-7-17-26)22-10-3-2-4-11-22/h2-4,10-15,21H,5-9,16-20H2,1H3,(H,27,29). The van der Waals surface area contributed by atoms with E-state index in [1.807, 2.05) is 42.5 Å². The van der Waals surface area contributed by atoms with E-state index < -0.39 is 5.41 Å². The zero-order chi connectivity index (χ0) is 20.8. The van der Waals surface area contributed by atoms with E-state index in [4.69, 9.17) is 4.74 Å². The number of benzene rings is 2. The van der Waals surface area contributed by atoms with E-state index in [2.05, 4.69) is 29.3 Å². The van der Waals surface area contributed by atoms with E-state index in [-0.39, 0.29) is 5.91 Å². The van der Waals surface area contributed by atoms with Crippen LogP contribution in [-0.4, -0.2) is 36.5 Å². The van der Waals surface area contributed by atoms with Crippen LogP contribution in [0.15, 0.2) is 54.6 Å². The molecule has 1 heterocycles. The number of carbonyl (C=O) groups is 1.